The number of methoxy groups -OCH3 is 1. The van der Waals surface area contributed by atoms with Crippen molar-refractivity contribution in [2.75, 3.05) is 20.3 Å². The van der Waals surface area contributed by atoms with Gasteiger partial charge in [0.2, 0.25) is 0 Å². The summed E-state index contributed by atoms with van der Waals surface area (Å²) < 4.78 is 21.9. The van der Waals surface area contributed by atoms with Gasteiger partial charge in [-0.25, -0.2) is 0 Å². The highest BCUT2D eigenvalue weighted by Crippen LogP contribution is 2.34. The van der Waals surface area contributed by atoms with E-state index in [9.17, 15) is 0 Å². The third-order valence-electron chi connectivity index (χ3n) is 2.60. The Morgan fingerprint density at radius 1 is 1.35 bits per heavy atom. The molecular weight excluding hydrogens is 220 g/mol. The second-order valence-corrected chi connectivity index (χ2v) is 3.96. The van der Waals surface area contributed by atoms with Gasteiger partial charge in [0, 0.05) is 5.56 Å². The van der Waals surface area contributed by atoms with Crippen LogP contribution in [0, 0.1) is 0 Å². The third kappa shape index (κ3) is 2.70. The lowest BCUT2D eigenvalue weighted by Crippen LogP contribution is -2.03. The summed E-state index contributed by atoms with van der Waals surface area (Å²) in [6, 6.07) is 5.72. The van der Waals surface area contributed by atoms with Crippen molar-refractivity contribution in [3.8, 4) is 11.5 Å². The fraction of sp³-hybridized carbons (Fsp3) is 0.538. The van der Waals surface area contributed by atoms with Crippen LogP contribution < -0.4 is 9.47 Å². The Labute approximate surface area is 101 Å². The van der Waals surface area contributed by atoms with Crippen LogP contribution in [0.4, 0.5) is 0 Å². The van der Waals surface area contributed by atoms with Crippen LogP contribution in [0.25, 0.3) is 0 Å². The van der Waals surface area contributed by atoms with E-state index >= 15 is 0 Å². The van der Waals surface area contributed by atoms with Gasteiger partial charge in [-0.3, -0.25) is 0 Å². The van der Waals surface area contributed by atoms with E-state index in [-0.39, 0.29) is 12.4 Å². The SMILES string of the molecule is CCOc1ccc([C@@H]2OC[C@@H](C)O2)cc1OC. The molecule has 2 rings (SSSR count). The molecule has 0 amide bonds. The van der Waals surface area contributed by atoms with Gasteiger partial charge in [0.05, 0.1) is 26.4 Å². The van der Waals surface area contributed by atoms with Crippen molar-refractivity contribution in [1.29, 1.82) is 0 Å². The van der Waals surface area contributed by atoms with Crippen molar-refractivity contribution in [3.05, 3.63) is 23.8 Å². The van der Waals surface area contributed by atoms with Gasteiger partial charge in [0.1, 0.15) is 0 Å². The standard InChI is InChI=1S/C13H18O4/c1-4-15-11-6-5-10(7-12(11)14-3)13-16-8-9(2)17-13/h5-7,9,13H,4,8H2,1-3H3/t9-,13-/m1/s1. The van der Waals surface area contributed by atoms with E-state index in [1.54, 1.807) is 7.11 Å². The van der Waals surface area contributed by atoms with Gasteiger partial charge in [0.25, 0.3) is 0 Å². The highest BCUT2D eigenvalue weighted by atomic mass is 16.7. The molecule has 1 aromatic carbocycles. The van der Waals surface area contributed by atoms with Gasteiger partial charge >= 0.3 is 0 Å². The Morgan fingerprint density at radius 2 is 2.18 bits per heavy atom. The van der Waals surface area contributed by atoms with Crippen LogP contribution in [0.5, 0.6) is 11.5 Å². The van der Waals surface area contributed by atoms with E-state index in [0.717, 1.165) is 11.3 Å². The predicted molar refractivity (Wildman–Crippen MR) is 63.4 cm³/mol. The molecule has 1 saturated heterocycles. The van der Waals surface area contributed by atoms with Crippen LogP contribution >= 0.6 is 0 Å². The number of benzene rings is 1. The lowest BCUT2D eigenvalue weighted by atomic mass is 10.2. The van der Waals surface area contributed by atoms with Crippen LogP contribution in [-0.2, 0) is 9.47 Å². The summed E-state index contributed by atoms with van der Waals surface area (Å²) in [6.07, 6.45) is -0.160. The zero-order chi connectivity index (χ0) is 12.3. The number of rotatable bonds is 4. The van der Waals surface area contributed by atoms with Crippen molar-refractivity contribution in [3.63, 3.8) is 0 Å². The van der Waals surface area contributed by atoms with E-state index in [2.05, 4.69) is 0 Å². The van der Waals surface area contributed by atoms with Crippen LogP contribution in [0.1, 0.15) is 25.7 Å². The number of hydrogen-bond donors (Lipinski definition) is 0. The maximum Gasteiger partial charge on any atom is 0.184 e. The minimum absolute atomic E-state index is 0.137. The van der Waals surface area contributed by atoms with Crippen molar-refractivity contribution in [2.45, 2.75) is 26.2 Å². The Hall–Kier alpha value is -1.26. The molecule has 94 valence electrons. The smallest absolute Gasteiger partial charge is 0.184 e. The third-order valence-corrected chi connectivity index (χ3v) is 2.60. The maximum absolute atomic E-state index is 5.63. The highest BCUT2D eigenvalue weighted by molar-refractivity contribution is 5.43. The molecule has 0 aromatic heterocycles. The molecule has 1 aliphatic heterocycles. The summed E-state index contributed by atoms with van der Waals surface area (Å²) in [6.45, 7) is 5.17. The zero-order valence-electron chi connectivity index (χ0n) is 10.4. The van der Waals surface area contributed by atoms with Gasteiger partial charge in [0.15, 0.2) is 17.8 Å². The van der Waals surface area contributed by atoms with Crippen LogP contribution in [0.2, 0.25) is 0 Å². The summed E-state index contributed by atoms with van der Waals surface area (Å²) in [5.74, 6) is 1.45. The first-order chi connectivity index (χ1) is 8.24. The molecule has 17 heavy (non-hydrogen) atoms. The van der Waals surface area contributed by atoms with E-state index in [1.807, 2.05) is 32.0 Å². The first kappa shape index (κ1) is 12.2. The molecule has 0 aliphatic carbocycles. The van der Waals surface area contributed by atoms with Gasteiger partial charge < -0.3 is 18.9 Å². The minimum atomic E-state index is -0.297. The quantitative estimate of drug-likeness (QED) is 0.807. The first-order valence-electron chi connectivity index (χ1n) is 5.82. The molecule has 0 bridgehead atoms. The summed E-state index contributed by atoms with van der Waals surface area (Å²) in [5.41, 5.74) is 0.953. The van der Waals surface area contributed by atoms with Gasteiger partial charge in [-0.1, -0.05) is 6.07 Å². The van der Waals surface area contributed by atoms with E-state index < -0.39 is 0 Å². The predicted octanol–water partition coefficient (Wildman–Crippen LogP) is 2.53. The summed E-state index contributed by atoms with van der Waals surface area (Å²) in [4.78, 5) is 0. The van der Waals surface area contributed by atoms with Crippen LogP contribution in [0.3, 0.4) is 0 Å². The first-order valence-corrected chi connectivity index (χ1v) is 5.82. The number of ether oxygens (including phenoxy) is 4. The molecule has 0 unspecified atom stereocenters. The lowest BCUT2D eigenvalue weighted by molar-refractivity contribution is -0.0573. The van der Waals surface area contributed by atoms with Gasteiger partial charge in [-0.15, -0.1) is 0 Å². The molecule has 1 fully saturated rings. The van der Waals surface area contributed by atoms with Crippen LogP contribution in [0.15, 0.2) is 18.2 Å². The Balaban J connectivity index is 2.19. The molecule has 1 aliphatic rings. The molecule has 0 radical (unpaired) electrons. The molecule has 2 atom stereocenters. The molecule has 0 saturated carbocycles. The second kappa shape index (κ2) is 5.38. The molecule has 4 heteroatoms. The lowest BCUT2D eigenvalue weighted by Gasteiger charge is -2.14. The summed E-state index contributed by atoms with van der Waals surface area (Å²) >= 11 is 0. The average molecular weight is 238 g/mol. The molecule has 1 heterocycles. The highest BCUT2D eigenvalue weighted by Gasteiger charge is 2.24. The van der Waals surface area contributed by atoms with E-state index in [1.165, 1.54) is 0 Å². The minimum Gasteiger partial charge on any atom is -0.493 e. The van der Waals surface area contributed by atoms with Crippen molar-refractivity contribution in [1.82, 2.24) is 0 Å². The Kier molecular flexibility index (Phi) is 3.86. The Bertz CT molecular complexity index is 378. The normalized spacial score (nSPS) is 23.7. The van der Waals surface area contributed by atoms with Gasteiger partial charge in [-0.2, -0.15) is 0 Å². The van der Waals surface area contributed by atoms with Gasteiger partial charge in [-0.05, 0) is 26.0 Å². The summed E-state index contributed by atoms with van der Waals surface area (Å²) in [5, 5.41) is 0. The molecule has 0 spiro atoms. The Morgan fingerprint density at radius 3 is 2.76 bits per heavy atom. The largest absolute Gasteiger partial charge is 0.493 e. The van der Waals surface area contributed by atoms with E-state index in [0.29, 0.717) is 19.0 Å². The molecule has 1 aromatic rings. The van der Waals surface area contributed by atoms with Crippen molar-refractivity contribution < 1.29 is 18.9 Å². The van der Waals surface area contributed by atoms with Crippen molar-refractivity contribution >= 4 is 0 Å². The fourth-order valence-corrected chi connectivity index (χ4v) is 1.79. The zero-order valence-corrected chi connectivity index (χ0v) is 10.4. The average Bonchev–Trinajstić information content (AvgIpc) is 2.77. The molecule has 0 N–H and O–H groups in total. The topological polar surface area (TPSA) is 36.9 Å². The van der Waals surface area contributed by atoms with Crippen LogP contribution in [-0.4, -0.2) is 26.4 Å². The number of hydrogen-bond acceptors (Lipinski definition) is 4. The van der Waals surface area contributed by atoms with E-state index in [4.69, 9.17) is 18.9 Å². The maximum atomic E-state index is 5.63. The monoisotopic (exact) mass is 238 g/mol. The second-order valence-electron chi connectivity index (χ2n) is 3.96. The van der Waals surface area contributed by atoms with Crippen molar-refractivity contribution in [2.24, 2.45) is 0 Å². The molecular formula is C13H18O4. The summed E-state index contributed by atoms with van der Waals surface area (Å²) in [7, 11) is 1.63. The fourth-order valence-electron chi connectivity index (χ4n) is 1.79. The molecule has 4 nitrogen and oxygen atoms in total.